The van der Waals surface area contributed by atoms with Crippen LogP contribution < -0.4 is 273 Å². The SMILES string of the molecule is O=P([O-])([O-])[O-].[K+].[K+].[K+].[Na+].[Na+].[Na+].[O-]B([O-])[O-]. The summed E-state index contributed by atoms with van der Waals surface area (Å²) in [7, 11) is -8.31. The summed E-state index contributed by atoms with van der Waals surface area (Å²) in [5.74, 6) is 0. The van der Waals surface area contributed by atoms with E-state index >= 15 is 0 Å². The molecule has 0 spiro atoms. The summed E-state index contributed by atoms with van der Waals surface area (Å²) in [6, 6.07) is 0. The fourth-order valence-corrected chi connectivity index (χ4v) is 0. The van der Waals surface area contributed by atoms with Crippen molar-refractivity contribution in [2.24, 2.45) is 0 Å². The second-order valence-corrected chi connectivity index (χ2v) is 1.63. The van der Waals surface area contributed by atoms with Gasteiger partial charge >= 0.3 is 243 Å². The van der Waals surface area contributed by atoms with Gasteiger partial charge in [-0.05, 0) is 0 Å². The van der Waals surface area contributed by atoms with E-state index in [4.69, 9.17) is 34.3 Å². The molecule has 0 radical (unpaired) electrons. The Kier molecular flexibility index (Phi) is 111. The van der Waals surface area contributed by atoms with Crippen molar-refractivity contribution in [3.8, 4) is 0 Å². The fraction of sp³-hybridized carbons (Fsp3) is 0. The monoisotopic (exact) mass is 340 g/mol. The van der Waals surface area contributed by atoms with Crippen LogP contribution in [-0.2, 0) is 4.57 Å². The third-order valence-electron chi connectivity index (χ3n) is 0. The third kappa shape index (κ3) is 138. The maximum absolute atomic E-state index is 8.55. The molecule has 0 aliphatic heterocycles. The molecule has 0 saturated heterocycles. The minimum absolute atomic E-state index is 0. The van der Waals surface area contributed by atoms with Crippen LogP contribution in [0.4, 0.5) is 0 Å². The summed E-state index contributed by atoms with van der Waals surface area (Å²) < 4.78 is 8.55. The Balaban J connectivity index is -0.00000000785. The number of hydrogen-bond donors (Lipinski definition) is 0. The maximum atomic E-state index is 8.55. The molecular formula is BK3Na3O7P. The zero-order valence-corrected chi connectivity index (χ0v) is 26.1. The van der Waals surface area contributed by atoms with Crippen molar-refractivity contribution in [3.63, 3.8) is 0 Å². The first-order chi connectivity index (χ1) is 3.73. The molecule has 0 heterocycles. The van der Waals surface area contributed by atoms with Crippen LogP contribution >= 0.6 is 7.82 Å². The van der Waals surface area contributed by atoms with Gasteiger partial charge in [-0.2, -0.15) is 7.82 Å². The van der Waals surface area contributed by atoms with Crippen molar-refractivity contribution < 1.29 is 277 Å². The topological polar surface area (TPSA) is 155 Å². The molecule has 0 fully saturated rings. The van der Waals surface area contributed by atoms with Crippen molar-refractivity contribution in [1.82, 2.24) is 0 Å². The average Bonchev–Trinajstić information content (AvgIpc) is 1.19. The summed E-state index contributed by atoms with van der Waals surface area (Å²) in [6.45, 7) is 0. The first kappa shape index (κ1) is 49.5. The number of phosphoric acid groups is 1. The van der Waals surface area contributed by atoms with E-state index in [0.29, 0.717) is 0 Å². The molecule has 0 aliphatic rings. The molecule has 0 amide bonds. The van der Waals surface area contributed by atoms with Gasteiger partial charge in [0.25, 0.3) is 0 Å². The zero-order valence-electron chi connectivity index (χ0n) is 9.88. The van der Waals surface area contributed by atoms with Crippen LogP contribution in [0, 0.1) is 0 Å². The summed E-state index contributed by atoms with van der Waals surface area (Å²) in [5, 5.41) is 25.2. The Morgan fingerprint density at radius 3 is 0.733 bits per heavy atom. The van der Waals surface area contributed by atoms with Gasteiger partial charge < -0.3 is 34.3 Å². The number of rotatable bonds is 0. The molecule has 15 heteroatoms. The standard InChI is InChI=1S/BO3.3K.3Na.H3O4P/c2-1(3)4;;;;;;;1-5(2,3)4/h;;;;;;;(H3,1,2,3,4)/q-3;6*+1;/p-3. The smallest absolute Gasteiger partial charge is 0.907 e. The van der Waals surface area contributed by atoms with Crippen molar-refractivity contribution in [1.29, 1.82) is 0 Å². The predicted octanol–water partition coefficient (Wildman–Crippen LogP) is -24.7. The molecule has 0 aromatic carbocycles. The van der Waals surface area contributed by atoms with Crippen LogP contribution in [0.3, 0.4) is 0 Å². The summed E-state index contributed by atoms with van der Waals surface area (Å²) in [5.41, 5.74) is 0. The van der Waals surface area contributed by atoms with Gasteiger partial charge in [-0.1, -0.05) is 0 Å². The second kappa shape index (κ2) is 33.5. The molecule has 0 aliphatic carbocycles. The van der Waals surface area contributed by atoms with E-state index < -0.39 is 15.1 Å². The molecule has 0 atom stereocenters. The van der Waals surface area contributed by atoms with Crippen molar-refractivity contribution >= 4 is 15.1 Å². The van der Waals surface area contributed by atoms with Gasteiger partial charge in [0.2, 0.25) is 0 Å². The quantitative estimate of drug-likeness (QED) is 0.313. The Morgan fingerprint density at radius 2 is 0.733 bits per heavy atom. The molecule has 0 bridgehead atoms. The summed E-state index contributed by atoms with van der Waals surface area (Å²) >= 11 is 0. The Labute approximate surface area is 283 Å². The third-order valence-corrected chi connectivity index (χ3v) is 0. The van der Waals surface area contributed by atoms with E-state index in [2.05, 4.69) is 0 Å². The fourth-order valence-electron chi connectivity index (χ4n) is 0. The van der Waals surface area contributed by atoms with E-state index in [-0.39, 0.29) is 243 Å². The Morgan fingerprint density at radius 1 is 0.733 bits per heavy atom. The average molecular weight is 340 g/mol. The van der Waals surface area contributed by atoms with E-state index in [9.17, 15) is 0 Å². The Hall–Kier alpha value is 7.96. The van der Waals surface area contributed by atoms with E-state index in [1.807, 2.05) is 0 Å². The van der Waals surface area contributed by atoms with Crippen molar-refractivity contribution in [2.45, 2.75) is 0 Å². The molecule has 0 aromatic rings. The predicted molar refractivity (Wildman–Crippen MR) is 13.4 cm³/mol. The van der Waals surface area contributed by atoms with E-state index in [1.54, 1.807) is 0 Å². The molecule has 15 heavy (non-hydrogen) atoms. The molecule has 0 unspecified atom stereocenters. The molecule has 0 N–H and O–H groups in total. The van der Waals surface area contributed by atoms with Crippen LogP contribution in [0.1, 0.15) is 0 Å². The minimum atomic E-state index is -5.39. The second-order valence-electron chi connectivity index (χ2n) is 0.736. The molecule has 0 aromatic heterocycles. The molecule has 7 nitrogen and oxygen atoms in total. The van der Waals surface area contributed by atoms with Gasteiger partial charge in [-0.3, -0.25) is 7.32 Å². The van der Waals surface area contributed by atoms with Crippen LogP contribution in [-0.4, -0.2) is 7.32 Å². The largest absolute Gasteiger partial charge is 1.00 e. The van der Waals surface area contributed by atoms with Gasteiger partial charge in [-0.25, -0.2) is 0 Å². The summed E-state index contributed by atoms with van der Waals surface area (Å²) in [4.78, 5) is 25.6. The van der Waals surface area contributed by atoms with Gasteiger partial charge in [-0.15, -0.1) is 0 Å². The molecular weight excluding hydrogens is 340 g/mol. The first-order valence-corrected chi connectivity index (χ1v) is 2.90. The van der Waals surface area contributed by atoms with Gasteiger partial charge in [0.15, 0.2) is 0 Å². The van der Waals surface area contributed by atoms with E-state index in [1.165, 1.54) is 0 Å². The minimum Gasteiger partial charge on any atom is -0.907 e. The molecule has 56 valence electrons. The zero-order chi connectivity index (χ0) is 8.08. The van der Waals surface area contributed by atoms with Crippen molar-refractivity contribution in [3.05, 3.63) is 0 Å². The normalized spacial score (nSPS) is 5.73. The summed E-state index contributed by atoms with van der Waals surface area (Å²) in [6.07, 6.45) is 0. The van der Waals surface area contributed by atoms with Crippen LogP contribution in [0.25, 0.3) is 0 Å². The van der Waals surface area contributed by atoms with E-state index in [0.717, 1.165) is 0 Å². The van der Waals surface area contributed by atoms with Gasteiger partial charge in [0, 0.05) is 0 Å². The van der Waals surface area contributed by atoms with Gasteiger partial charge in [0.1, 0.15) is 0 Å². The first-order valence-electron chi connectivity index (χ1n) is 1.44. The molecule has 0 saturated carbocycles. The van der Waals surface area contributed by atoms with Crippen LogP contribution in [0.2, 0.25) is 0 Å². The van der Waals surface area contributed by atoms with Crippen LogP contribution in [0.5, 0.6) is 0 Å². The van der Waals surface area contributed by atoms with Crippen molar-refractivity contribution in [2.75, 3.05) is 0 Å². The van der Waals surface area contributed by atoms with Gasteiger partial charge in [0.05, 0.1) is 0 Å². The van der Waals surface area contributed by atoms with Crippen LogP contribution in [0.15, 0.2) is 0 Å². The molecule has 0 rings (SSSR count). The Bertz CT molecular complexity index is 101. The maximum Gasteiger partial charge on any atom is 1.00 e. The number of hydrogen-bond acceptors (Lipinski definition) is 7.